The smallest absolute Gasteiger partial charge is 0.254 e. The molecule has 3 rings (SSSR count). The van der Waals surface area contributed by atoms with Crippen molar-refractivity contribution in [2.75, 3.05) is 13.1 Å². The summed E-state index contributed by atoms with van der Waals surface area (Å²) >= 11 is 0. The molecule has 2 aromatic rings. The molecule has 0 atom stereocenters. The number of nitrogens with zero attached hydrogens (tertiary/aromatic N) is 2. The summed E-state index contributed by atoms with van der Waals surface area (Å²) in [5.41, 5.74) is 1.97. The lowest BCUT2D eigenvalue weighted by molar-refractivity contribution is -0.131. The molecule has 1 aliphatic rings. The molecule has 1 amide bonds. The Morgan fingerprint density at radius 1 is 1.23 bits per heavy atom. The van der Waals surface area contributed by atoms with Gasteiger partial charge in [0.05, 0.1) is 6.42 Å². The van der Waals surface area contributed by atoms with Crippen LogP contribution in [0.25, 0.3) is 0 Å². The second-order valence-electron chi connectivity index (χ2n) is 7.05. The third-order valence-electron chi connectivity index (χ3n) is 5.07. The van der Waals surface area contributed by atoms with Gasteiger partial charge in [0.2, 0.25) is 5.91 Å². The summed E-state index contributed by atoms with van der Waals surface area (Å²) in [7, 11) is 0. The Kier molecular flexibility index (Phi) is 5.49. The number of amides is 1. The van der Waals surface area contributed by atoms with Gasteiger partial charge in [-0.2, -0.15) is 0 Å². The molecule has 1 saturated heterocycles. The molecule has 2 heterocycles. The second-order valence-corrected chi connectivity index (χ2v) is 7.05. The van der Waals surface area contributed by atoms with Crippen LogP contribution in [0, 0.1) is 25.6 Å². The molecule has 0 bridgehead atoms. The largest absolute Gasteiger partial charge is 0.342 e. The predicted octanol–water partition coefficient (Wildman–Crippen LogP) is 2.55. The van der Waals surface area contributed by atoms with Crippen LogP contribution in [0.3, 0.4) is 0 Å². The van der Waals surface area contributed by atoms with Crippen LogP contribution in [0.15, 0.2) is 29.1 Å². The van der Waals surface area contributed by atoms with Crippen molar-refractivity contribution in [3.8, 4) is 0 Å². The highest BCUT2D eigenvalue weighted by Gasteiger charge is 2.24. The van der Waals surface area contributed by atoms with E-state index < -0.39 is 0 Å². The van der Waals surface area contributed by atoms with Gasteiger partial charge in [-0.1, -0.05) is 12.1 Å². The first-order chi connectivity index (χ1) is 12.4. The zero-order chi connectivity index (χ0) is 18.7. The quantitative estimate of drug-likeness (QED) is 0.914. The Balaban J connectivity index is 1.55. The molecule has 1 fully saturated rings. The van der Waals surface area contributed by atoms with Crippen LogP contribution in [0.2, 0.25) is 0 Å². The van der Waals surface area contributed by atoms with Crippen molar-refractivity contribution in [3.05, 3.63) is 63.1 Å². The van der Waals surface area contributed by atoms with Gasteiger partial charge < -0.3 is 9.88 Å². The Morgan fingerprint density at radius 3 is 2.50 bits per heavy atom. The van der Waals surface area contributed by atoms with E-state index in [0.29, 0.717) is 36.1 Å². The van der Waals surface area contributed by atoms with Gasteiger partial charge in [0.1, 0.15) is 11.6 Å². The van der Waals surface area contributed by atoms with Gasteiger partial charge in [-0.15, -0.1) is 0 Å². The number of halogens is 1. The summed E-state index contributed by atoms with van der Waals surface area (Å²) < 4.78 is 13.0. The number of carbonyl (C=O) groups excluding carboxylic acids is 1. The van der Waals surface area contributed by atoms with Crippen molar-refractivity contribution in [2.45, 2.75) is 39.5 Å². The van der Waals surface area contributed by atoms with E-state index >= 15 is 0 Å². The molecular weight excluding hydrogens is 333 g/mol. The number of aryl methyl sites for hydroxylation is 2. The van der Waals surface area contributed by atoms with Crippen molar-refractivity contribution in [2.24, 2.45) is 5.92 Å². The van der Waals surface area contributed by atoms with Crippen molar-refractivity contribution in [1.82, 2.24) is 14.9 Å². The molecule has 1 aliphatic heterocycles. The Labute approximate surface area is 152 Å². The third-order valence-corrected chi connectivity index (χ3v) is 5.07. The number of hydrogen-bond donors (Lipinski definition) is 1. The molecule has 0 unspecified atom stereocenters. The van der Waals surface area contributed by atoms with Crippen LogP contribution < -0.4 is 5.56 Å². The Bertz CT molecular complexity index is 837. The minimum atomic E-state index is -0.227. The summed E-state index contributed by atoms with van der Waals surface area (Å²) in [5, 5.41) is 0. The van der Waals surface area contributed by atoms with Crippen LogP contribution in [0.4, 0.5) is 4.39 Å². The van der Waals surface area contributed by atoms with Gasteiger partial charge in [0.25, 0.3) is 5.56 Å². The van der Waals surface area contributed by atoms with Gasteiger partial charge in [0, 0.05) is 24.3 Å². The molecule has 138 valence electrons. The number of nitrogens with one attached hydrogen (secondary N) is 1. The summed E-state index contributed by atoms with van der Waals surface area (Å²) in [6.45, 7) is 4.88. The van der Waals surface area contributed by atoms with Crippen LogP contribution >= 0.6 is 0 Å². The lowest BCUT2D eigenvalue weighted by Crippen LogP contribution is -2.40. The first kappa shape index (κ1) is 18.3. The number of piperidine rings is 1. The predicted molar refractivity (Wildman–Crippen MR) is 97.4 cm³/mol. The number of aromatic amines is 1. The van der Waals surface area contributed by atoms with E-state index in [2.05, 4.69) is 9.97 Å². The monoisotopic (exact) mass is 357 g/mol. The third kappa shape index (κ3) is 4.36. The van der Waals surface area contributed by atoms with Crippen LogP contribution in [-0.2, 0) is 17.6 Å². The highest BCUT2D eigenvalue weighted by molar-refractivity contribution is 5.79. The van der Waals surface area contributed by atoms with Crippen molar-refractivity contribution in [1.29, 1.82) is 0 Å². The normalized spacial score (nSPS) is 15.3. The number of carbonyl (C=O) groups is 1. The second kappa shape index (κ2) is 7.81. The van der Waals surface area contributed by atoms with Crippen molar-refractivity contribution < 1.29 is 9.18 Å². The number of likely N-dealkylation sites (tertiary alicyclic amines) is 1. The molecule has 1 aromatic carbocycles. The van der Waals surface area contributed by atoms with Gasteiger partial charge in [-0.25, -0.2) is 9.37 Å². The van der Waals surface area contributed by atoms with E-state index in [4.69, 9.17) is 0 Å². The molecule has 5 nitrogen and oxygen atoms in total. The maximum Gasteiger partial charge on any atom is 0.254 e. The zero-order valence-electron chi connectivity index (χ0n) is 15.2. The molecule has 0 saturated carbocycles. The average molecular weight is 357 g/mol. The van der Waals surface area contributed by atoms with E-state index in [9.17, 15) is 14.0 Å². The Hall–Kier alpha value is -2.50. The maximum atomic E-state index is 13.0. The summed E-state index contributed by atoms with van der Waals surface area (Å²) in [6, 6.07) is 6.63. The van der Waals surface area contributed by atoms with Gasteiger partial charge in [0.15, 0.2) is 0 Å². The highest BCUT2D eigenvalue weighted by atomic mass is 19.1. The van der Waals surface area contributed by atoms with Gasteiger partial charge in [-0.3, -0.25) is 9.59 Å². The minimum Gasteiger partial charge on any atom is -0.342 e. The Morgan fingerprint density at radius 2 is 1.88 bits per heavy atom. The number of rotatable bonds is 4. The van der Waals surface area contributed by atoms with Crippen molar-refractivity contribution in [3.63, 3.8) is 0 Å². The van der Waals surface area contributed by atoms with E-state index in [1.54, 1.807) is 13.8 Å². The number of benzene rings is 1. The first-order valence-electron chi connectivity index (χ1n) is 9.01. The fourth-order valence-corrected chi connectivity index (χ4v) is 3.56. The molecule has 6 heteroatoms. The number of hydrogen-bond acceptors (Lipinski definition) is 3. The molecular formula is C20H24FN3O2. The summed E-state index contributed by atoms with van der Waals surface area (Å²) in [4.78, 5) is 33.4. The van der Waals surface area contributed by atoms with E-state index in [1.165, 1.54) is 12.1 Å². The lowest BCUT2D eigenvalue weighted by atomic mass is 9.90. The molecule has 0 aliphatic carbocycles. The topological polar surface area (TPSA) is 66.1 Å². The minimum absolute atomic E-state index is 0.0236. The van der Waals surface area contributed by atoms with E-state index in [1.807, 2.05) is 17.0 Å². The molecule has 1 N–H and O–H groups in total. The molecule has 0 radical (unpaired) electrons. The molecule has 0 spiro atoms. The molecule has 1 aromatic heterocycles. The van der Waals surface area contributed by atoms with E-state index in [0.717, 1.165) is 24.8 Å². The standard InChI is InChI=1S/C20H24FN3O2/c1-13-18(20(26)23-14(2)22-13)12-19(25)24-9-7-16(8-10-24)11-15-3-5-17(21)6-4-15/h3-6,16H,7-12H2,1-2H3,(H,22,23,26). The van der Waals surface area contributed by atoms with Crippen LogP contribution in [0.1, 0.15) is 35.5 Å². The SMILES string of the molecule is Cc1nc(C)c(CC(=O)N2CCC(Cc3ccc(F)cc3)CC2)c(=O)[nH]1. The number of H-pyrrole nitrogens is 1. The lowest BCUT2D eigenvalue weighted by Gasteiger charge is -2.32. The van der Waals surface area contributed by atoms with Crippen LogP contribution in [0.5, 0.6) is 0 Å². The van der Waals surface area contributed by atoms with E-state index in [-0.39, 0.29) is 23.7 Å². The van der Waals surface area contributed by atoms with Crippen LogP contribution in [-0.4, -0.2) is 33.9 Å². The first-order valence-corrected chi connectivity index (χ1v) is 9.01. The van der Waals surface area contributed by atoms with Gasteiger partial charge in [-0.05, 0) is 56.7 Å². The fraction of sp³-hybridized carbons (Fsp3) is 0.450. The van der Waals surface area contributed by atoms with Gasteiger partial charge >= 0.3 is 0 Å². The van der Waals surface area contributed by atoms with Crippen molar-refractivity contribution >= 4 is 5.91 Å². The maximum absolute atomic E-state index is 13.0. The number of aromatic nitrogens is 2. The molecule has 26 heavy (non-hydrogen) atoms. The summed E-state index contributed by atoms with van der Waals surface area (Å²) in [6.07, 6.45) is 2.84. The fourth-order valence-electron chi connectivity index (χ4n) is 3.56. The highest BCUT2D eigenvalue weighted by Crippen LogP contribution is 2.22. The zero-order valence-corrected chi connectivity index (χ0v) is 15.2. The summed E-state index contributed by atoms with van der Waals surface area (Å²) in [5.74, 6) is 0.815. The average Bonchev–Trinajstić information content (AvgIpc) is 2.60.